The molecule has 2 aliphatic heterocycles. The number of amides is 1. The van der Waals surface area contributed by atoms with Crippen LogP contribution in [0.5, 0.6) is 0 Å². The highest BCUT2D eigenvalue weighted by Gasteiger charge is 2.28. The molecule has 2 aliphatic rings. The zero-order chi connectivity index (χ0) is 16.2. The molecule has 2 saturated heterocycles. The van der Waals surface area contributed by atoms with Gasteiger partial charge in [-0.3, -0.25) is 14.9 Å². The van der Waals surface area contributed by atoms with E-state index in [1.807, 2.05) is 11.0 Å². The molecular formula is C16H24Cl2N4O3. The second-order valence-corrected chi connectivity index (χ2v) is 6.09. The van der Waals surface area contributed by atoms with E-state index < -0.39 is 0 Å². The van der Waals surface area contributed by atoms with Crippen molar-refractivity contribution >= 4 is 42.1 Å². The number of nitro benzene ring substituents is 1. The maximum atomic E-state index is 12.5. The summed E-state index contributed by atoms with van der Waals surface area (Å²) in [4.78, 5) is 27.0. The fourth-order valence-corrected chi connectivity index (χ4v) is 3.27. The van der Waals surface area contributed by atoms with E-state index in [1.165, 1.54) is 6.07 Å². The number of hydrogen-bond acceptors (Lipinski definition) is 5. The van der Waals surface area contributed by atoms with E-state index in [0.717, 1.165) is 31.5 Å². The number of nitrogens with zero attached hydrogens (tertiary/aromatic N) is 3. The lowest BCUT2D eigenvalue weighted by atomic mass is 10.0. The van der Waals surface area contributed by atoms with Crippen molar-refractivity contribution in [3.05, 3.63) is 34.4 Å². The van der Waals surface area contributed by atoms with Gasteiger partial charge in [-0.15, -0.1) is 24.8 Å². The second-order valence-electron chi connectivity index (χ2n) is 6.09. The van der Waals surface area contributed by atoms with Crippen LogP contribution in [-0.4, -0.2) is 54.5 Å². The Bertz CT molecular complexity index is 588. The Morgan fingerprint density at radius 2 is 1.88 bits per heavy atom. The van der Waals surface area contributed by atoms with Gasteiger partial charge in [-0.2, -0.15) is 0 Å². The van der Waals surface area contributed by atoms with Gasteiger partial charge in [0.1, 0.15) is 0 Å². The first-order valence-electron chi connectivity index (χ1n) is 8.17. The van der Waals surface area contributed by atoms with Crippen LogP contribution in [0.2, 0.25) is 0 Å². The summed E-state index contributed by atoms with van der Waals surface area (Å²) >= 11 is 0. The third-order valence-electron chi connectivity index (χ3n) is 4.61. The fraction of sp³-hybridized carbons (Fsp3) is 0.562. The predicted octanol–water partition coefficient (Wildman–Crippen LogP) is 2.23. The zero-order valence-electron chi connectivity index (χ0n) is 13.9. The summed E-state index contributed by atoms with van der Waals surface area (Å²) in [5, 5.41) is 14.2. The Morgan fingerprint density at radius 1 is 1.16 bits per heavy atom. The highest BCUT2D eigenvalue weighted by Crippen LogP contribution is 2.22. The molecule has 1 aromatic carbocycles. The van der Waals surface area contributed by atoms with Gasteiger partial charge in [-0.1, -0.05) is 12.5 Å². The molecule has 0 spiro atoms. The Kier molecular flexibility index (Phi) is 8.41. The third-order valence-corrected chi connectivity index (χ3v) is 4.61. The molecular weight excluding hydrogens is 367 g/mol. The van der Waals surface area contributed by atoms with Gasteiger partial charge < -0.3 is 15.1 Å². The molecule has 1 amide bonds. The third kappa shape index (κ3) is 5.20. The molecule has 140 valence electrons. The van der Waals surface area contributed by atoms with Crippen molar-refractivity contribution in [3.8, 4) is 0 Å². The lowest BCUT2D eigenvalue weighted by Gasteiger charge is -2.38. The molecule has 7 nitrogen and oxygen atoms in total. The Balaban J connectivity index is 0.00000156. The minimum Gasteiger partial charge on any atom is -0.368 e. The first-order valence-corrected chi connectivity index (χ1v) is 8.17. The van der Waals surface area contributed by atoms with Crippen LogP contribution in [0.15, 0.2) is 24.3 Å². The summed E-state index contributed by atoms with van der Waals surface area (Å²) in [6.45, 7) is 3.67. The Labute approximate surface area is 159 Å². The highest BCUT2D eigenvalue weighted by atomic mass is 35.5. The monoisotopic (exact) mass is 390 g/mol. The van der Waals surface area contributed by atoms with Crippen LogP contribution >= 0.6 is 24.8 Å². The topological polar surface area (TPSA) is 78.7 Å². The number of nitro groups is 1. The molecule has 0 aliphatic carbocycles. The van der Waals surface area contributed by atoms with Gasteiger partial charge in [-0.25, -0.2) is 0 Å². The number of hydrogen-bond donors (Lipinski definition) is 1. The number of benzene rings is 1. The minimum atomic E-state index is -0.377. The van der Waals surface area contributed by atoms with Gasteiger partial charge in [-0.05, 0) is 25.5 Å². The number of rotatable bonds is 3. The number of carbonyl (C=O) groups excluding carboxylic acids is 1. The summed E-state index contributed by atoms with van der Waals surface area (Å²) < 4.78 is 0. The maximum absolute atomic E-state index is 12.5. The number of anilines is 1. The quantitative estimate of drug-likeness (QED) is 0.632. The molecule has 2 fully saturated rings. The second kappa shape index (κ2) is 9.79. The number of halogens is 2. The van der Waals surface area contributed by atoms with Gasteiger partial charge in [0.05, 0.1) is 11.0 Å². The first-order chi connectivity index (χ1) is 11.1. The molecule has 0 saturated carbocycles. The highest BCUT2D eigenvalue weighted by molar-refractivity contribution is 5.85. The summed E-state index contributed by atoms with van der Waals surface area (Å²) in [6, 6.07) is 6.65. The first kappa shape index (κ1) is 21.5. The molecule has 2 heterocycles. The van der Waals surface area contributed by atoms with Crippen LogP contribution in [-0.2, 0) is 4.79 Å². The number of piperazine rings is 1. The smallest absolute Gasteiger partial charge is 0.271 e. The van der Waals surface area contributed by atoms with Crippen molar-refractivity contribution in [1.29, 1.82) is 0 Å². The van der Waals surface area contributed by atoms with E-state index in [9.17, 15) is 14.9 Å². The van der Waals surface area contributed by atoms with E-state index in [0.29, 0.717) is 26.2 Å². The normalized spacial score (nSPS) is 20.2. The van der Waals surface area contributed by atoms with E-state index in [-0.39, 0.29) is 47.4 Å². The van der Waals surface area contributed by atoms with Gasteiger partial charge in [0.2, 0.25) is 5.91 Å². The number of non-ortho nitro benzene ring substituents is 1. The van der Waals surface area contributed by atoms with Crippen molar-refractivity contribution < 1.29 is 9.72 Å². The van der Waals surface area contributed by atoms with Crippen LogP contribution < -0.4 is 10.2 Å². The summed E-state index contributed by atoms with van der Waals surface area (Å²) in [7, 11) is 0. The zero-order valence-corrected chi connectivity index (χ0v) is 15.6. The maximum Gasteiger partial charge on any atom is 0.271 e. The van der Waals surface area contributed by atoms with Crippen molar-refractivity contribution in [2.45, 2.75) is 25.3 Å². The fourth-order valence-electron chi connectivity index (χ4n) is 3.27. The molecule has 0 radical (unpaired) electrons. The van der Waals surface area contributed by atoms with Gasteiger partial charge >= 0.3 is 0 Å². The molecule has 0 aromatic heterocycles. The SMILES string of the molecule is Cl.Cl.O=C([C@H]1CCCCN1)N1CCN(c2cccc([N+](=O)[O-])c2)CC1. The van der Waals surface area contributed by atoms with Gasteiger partial charge in [0, 0.05) is 44.0 Å². The van der Waals surface area contributed by atoms with Crippen molar-refractivity contribution in [2.75, 3.05) is 37.6 Å². The molecule has 1 N–H and O–H groups in total. The average Bonchev–Trinajstić information content (AvgIpc) is 2.62. The van der Waals surface area contributed by atoms with Gasteiger partial charge in [0.25, 0.3) is 5.69 Å². The molecule has 3 rings (SSSR count). The molecule has 0 unspecified atom stereocenters. The molecule has 1 atom stereocenters. The van der Waals surface area contributed by atoms with Crippen LogP contribution in [0.25, 0.3) is 0 Å². The van der Waals surface area contributed by atoms with E-state index >= 15 is 0 Å². The predicted molar refractivity (Wildman–Crippen MR) is 102 cm³/mol. The van der Waals surface area contributed by atoms with Crippen molar-refractivity contribution in [2.24, 2.45) is 0 Å². The largest absolute Gasteiger partial charge is 0.368 e. The van der Waals surface area contributed by atoms with Crippen LogP contribution in [0, 0.1) is 10.1 Å². The summed E-state index contributed by atoms with van der Waals surface area (Å²) in [5.74, 6) is 0.198. The van der Waals surface area contributed by atoms with Crippen LogP contribution in [0.3, 0.4) is 0 Å². The lowest BCUT2D eigenvalue weighted by Crippen LogP contribution is -2.55. The van der Waals surface area contributed by atoms with E-state index in [1.54, 1.807) is 12.1 Å². The number of nitrogens with one attached hydrogen (secondary N) is 1. The standard InChI is InChI=1S/C16H22N4O3.2ClH/c21-16(15-6-1-2-7-17-15)19-10-8-18(9-11-19)13-4-3-5-14(12-13)20(22)23;;/h3-5,12,15,17H,1-2,6-11H2;2*1H/t15-;;/m1../s1. The lowest BCUT2D eigenvalue weighted by molar-refractivity contribution is -0.384. The average molecular weight is 391 g/mol. The van der Waals surface area contributed by atoms with Crippen LogP contribution in [0.1, 0.15) is 19.3 Å². The summed E-state index contributed by atoms with van der Waals surface area (Å²) in [6.07, 6.45) is 3.17. The van der Waals surface area contributed by atoms with Crippen molar-refractivity contribution in [3.63, 3.8) is 0 Å². The van der Waals surface area contributed by atoms with Crippen LogP contribution in [0.4, 0.5) is 11.4 Å². The van der Waals surface area contributed by atoms with E-state index in [4.69, 9.17) is 0 Å². The Morgan fingerprint density at radius 3 is 2.48 bits per heavy atom. The minimum absolute atomic E-state index is 0. The molecule has 1 aromatic rings. The summed E-state index contributed by atoms with van der Waals surface area (Å²) in [5.41, 5.74) is 0.953. The molecule has 9 heteroatoms. The number of piperidine rings is 1. The number of carbonyl (C=O) groups is 1. The molecule has 0 bridgehead atoms. The van der Waals surface area contributed by atoms with Crippen molar-refractivity contribution in [1.82, 2.24) is 10.2 Å². The van der Waals surface area contributed by atoms with E-state index in [2.05, 4.69) is 10.2 Å². The van der Waals surface area contributed by atoms with Gasteiger partial charge in [0.15, 0.2) is 0 Å². The molecule has 25 heavy (non-hydrogen) atoms. The Hall–Kier alpha value is -1.57.